The van der Waals surface area contributed by atoms with Crippen molar-refractivity contribution in [3.63, 3.8) is 0 Å². The number of hydrogen-bond acceptors (Lipinski definition) is 4. The van der Waals surface area contributed by atoms with Gasteiger partial charge in [0.2, 0.25) is 5.91 Å². The molecule has 5 nitrogen and oxygen atoms in total. The van der Waals surface area contributed by atoms with Crippen LogP contribution in [0.3, 0.4) is 0 Å². The highest BCUT2D eigenvalue weighted by molar-refractivity contribution is 5.91. The first-order valence-corrected chi connectivity index (χ1v) is 8.59. The van der Waals surface area contributed by atoms with Gasteiger partial charge in [0, 0.05) is 18.9 Å². The monoisotopic (exact) mass is 329 g/mol. The van der Waals surface area contributed by atoms with Crippen LogP contribution in [0.4, 0.5) is 0 Å². The standard InChI is InChI=1S/C19H23NO4/c1-24-19(23)15-8-7-14-10-17(21)12-20(11-16(14)9-15)18(22)13-5-3-2-4-6-13/h7-9,13H,2-6,10-12H2,1H3. The Bertz CT molecular complexity index is 661. The van der Waals surface area contributed by atoms with Crippen molar-refractivity contribution in [1.29, 1.82) is 0 Å². The number of esters is 1. The molecule has 1 aliphatic heterocycles. The molecule has 24 heavy (non-hydrogen) atoms. The molecule has 1 aromatic carbocycles. The molecule has 0 N–H and O–H groups in total. The first-order valence-electron chi connectivity index (χ1n) is 8.59. The second-order valence-electron chi connectivity index (χ2n) is 6.72. The lowest BCUT2D eigenvalue weighted by molar-refractivity contribution is -0.140. The van der Waals surface area contributed by atoms with Gasteiger partial charge in [-0.3, -0.25) is 9.59 Å². The molecule has 0 unspecified atom stereocenters. The van der Waals surface area contributed by atoms with E-state index in [-0.39, 0.29) is 24.2 Å². The van der Waals surface area contributed by atoms with Gasteiger partial charge in [-0.1, -0.05) is 25.3 Å². The Balaban J connectivity index is 1.85. The van der Waals surface area contributed by atoms with Crippen LogP contribution in [0, 0.1) is 5.92 Å². The van der Waals surface area contributed by atoms with Crippen molar-refractivity contribution in [3.8, 4) is 0 Å². The summed E-state index contributed by atoms with van der Waals surface area (Å²) >= 11 is 0. The maximum absolute atomic E-state index is 12.8. The van der Waals surface area contributed by atoms with E-state index in [0.29, 0.717) is 18.5 Å². The number of rotatable bonds is 2. The molecule has 5 heteroatoms. The van der Waals surface area contributed by atoms with E-state index >= 15 is 0 Å². The molecule has 1 aromatic rings. The van der Waals surface area contributed by atoms with Crippen molar-refractivity contribution in [2.45, 2.75) is 45.1 Å². The van der Waals surface area contributed by atoms with E-state index in [1.807, 2.05) is 0 Å². The zero-order chi connectivity index (χ0) is 17.1. The minimum atomic E-state index is -0.404. The van der Waals surface area contributed by atoms with Gasteiger partial charge in [-0.2, -0.15) is 0 Å². The molecule has 1 fully saturated rings. The van der Waals surface area contributed by atoms with Gasteiger partial charge >= 0.3 is 5.97 Å². The van der Waals surface area contributed by atoms with Crippen molar-refractivity contribution in [2.75, 3.05) is 13.7 Å². The van der Waals surface area contributed by atoms with Crippen molar-refractivity contribution < 1.29 is 19.1 Å². The molecule has 128 valence electrons. The van der Waals surface area contributed by atoms with E-state index in [2.05, 4.69) is 0 Å². The Hall–Kier alpha value is -2.17. The Morgan fingerprint density at radius 1 is 1.08 bits per heavy atom. The molecule has 0 aromatic heterocycles. The van der Waals surface area contributed by atoms with Crippen molar-refractivity contribution in [2.24, 2.45) is 5.92 Å². The van der Waals surface area contributed by atoms with Crippen LogP contribution in [0.2, 0.25) is 0 Å². The zero-order valence-electron chi connectivity index (χ0n) is 14.0. The number of ketones is 1. The Kier molecular flexibility index (Phi) is 4.97. The number of methoxy groups -OCH3 is 1. The van der Waals surface area contributed by atoms with Crippen LogP contribution < -0.4 is 0 Å². The Labute approximate surface area is 142 Å². The summed E-state index contributed by atoms with van der Waals surface area (Å²) < 4.78 is 4.76. The lowest BCUT2D eigenvalue weighted by atomic mass is 9.88. The van der Waals surface area contributed by atoms with Crippen LogP contribution in [-0.2, 0) is 27.3 Å². The van der Waals surface area contributed by atoms with E-state index in [1.54, 1.807) is 23.1 Å². The Morgan fingerprint density at radius 3 is 2.54 bits per heavy atom. The minimum Gasteiger partial charge on any atom is -0.465 e. The quantitative estimate of drug-likeness (QED) is 0.782. The predicted octanol–water partition coefficient (Wildman–Crippen LogP) is 2.51. The third-order valence-corrected chi connectivity index (χ3v) is 5.01. The number of fused-ring (bicyclic) bond motifs is 1. The van der Waals surface area contributed by atoms with Gasteiger partial charge in [0.05, 0.1) is 19.2 Å². The highest BCUT2D eigenvalue weighted by atomic mass is 16.5. The van der Waals surface area contributed by atoms with E-state index in [1.165, 1.54) is 13.5 Å². The molecule has 0 radical (unpaired) electrons. The maximum atomic E-state index is 12.8. The van der Waals surface area contributed by atoms with Crippen molar-refractivity contribution in [3.05, 3.63) is 34.9 Å². The van der Waals surface area contributed by atoms with E-state index in [9.17, 15) is 14.4 Å². The lowest BCUT2D eigenvalue weighted by Crippen LogP contribution is -2.39. The average Bonchev–Trinajstić information content (AvgIpc) is 2.78. The van der Waals surface area contributed by atoms with Gasteiger partial charge in [-0.15, -0.1) is 0 Å². The molecule has 1 saturated carbocycles. The molecule has 0 atom stereocenters. The van der Waals surface area contributed by atoms with E-state index in [0.717, 1.165) is 36.8 Å². The van der Waals surface area contributed by atoms with Gasteiger partial charge < -0.3 is 9.64 Å². The maximum Gasteiger partial charge on any atom is 0.337 e. The fraction of sp³-hybridized carbons (Fsp3) is 0.526. The number of Topliss-reactive ketones (excluding diaryl/α,β-unsaturated/α-hetero) is 1. The van der Waals surface area contributed by atoms with Crippen LogP contribution >= 0.6 is 0 Å². The molecular weight excluding hydrogens is 306 g/mol. The first-order chi connectivity index (χ1) is 11.6. The molecule has 0 saturated heterocycles. The second-order valence-corrected chi connectivity index (χ2v) is 6.72. The second kappa shape index (κ2) is 7.16. The largest absolute Gasteiger partial charge is 0.465 e. The van der Waals surface area contributed by atoms with Crippen LogP contribution in [0.1, 0.15) is 53.6 Å². The van der Waals surface area contributed by atoms with E-state index in [4.69, 9.17) is 4.74 Å². The first kappa shape index (κ1) is 16.7. The van der Waals surface area contributed by atoms with E-state index < -0.39 is 5.97 Å². The number of ether oxygens (including phenoxy) is 1. The molecule has 3 rings (SSSR count). The fourth-order valence-electron chi connectivity index (χ4n) is 3.70. The van der Waals surface area contributed by atoms with Gasteiger partial charge in [-0.05, 0) is 36.1 Å². The summed E-state index contributed by atoms with van der Waals surface area (Å²) in [5.74, 6) is -0.237. The summed E-state index contributed by atoms with van der Waals surface area (Å²) in [5, 5.41) is 0. The third kappa shape index (κ3) is 3.50. The molecule has 0 bridgehead atoms. The van der Waals surface area contributed by atoms with Crippen LogP contribution in [0.5, 0.6) is 0 Å². The number of benzene rings is 1. The van der Waals surface area contributed by atoms with Gasteiger partial charge in [0.15, 0.2) is 5.78 Å². The average molecular weight is 329 g/mol. The number of carbonyl (C=O) groups excluding carboxylic acids is 3. The third-order valence-electron chi connectivity index (χ3n) is 5.01. The normalized spacial score (nSPS) is 18.7. The number of nitrogens with zero attached hydrogens (tertiary/aromatic N) is 1. The predicted molar refractivity (Wildman–Crippen MR) is 88.5 cm³/mol. The highest BCUT2D eigenvalue weighted by Crippen LogP contribution is 2.27. The number of amides is 1. The highest BCUT2D eigenvalue weighted by Gasteiger charge is 2.30. The van der Waals surface area contributed by atoms with Gasteiger partial charge in [0.25, 0.3) is 0 Å². The summed E-state index contributed by atoms with van der Waals surface area (Å²) in [6.45, 7) is 0.554. The van der Waals surface area contributed by atoms with Crippen LogP contribution in [-0.4, -0.2) is 36.2 Å². The number of carbonyl (C=O) groups is 3. The summed E-state index contributed by atoms with van der Waals surface area (Å²) in [4.78, 5) is 38.5. The fourth-order valence-corrected chi connectivity index (χ4v) is 3.70. The molecule has 1 aliphatic carbocycles. The zero-order valence-corrected chi connectivity index (χ0v) is 14.0. The molecule has 1 amide bonds. The van der Waals surface area contributed by atoms with Gasteiger partial charge in [-0.25, -0.2) is 4.79 Å². The topological polar surface area (TPSA) is 63.7 Å². The van der Waals surface area contributed by atoms with Crippen molar-refractivity contribution >= 4 is 17.7 Å². The molecule has 1 heterocycles. The summed E-state index contributed by atoms with van der Waals surface area (Å²) in [5.41, 5.74) is 2.22. The molecular formula is C19H23NO4. The van der Waals surface area contributed by atoms with Crippen LogP contribution in [0.15, 0.2) is 18.2 Å². The summed E-state index contributed by atoms with van der Waals surface area (Å²) in [6.07, 6.45) is 5.50. The Morgan fingerprint density at radius 2 is 1.83 bits per heavy atom. The minimum absolute atomic E-state index is 0.0388. The molecule has 2 aliphatic rings. The molecule has 0 spiro atoms. The van der Waals surface area contributed by atoms with Crippen molar-refractivity contribution in [1.82, 2.24) is 4.90 Å². The lowest BCUT2D eigenvalue weighted by Gasteiger charge is -2.28. The number of hydrogen-bond donors (Lipinski definition) is 0. The van der Waals surface area contributed by atoms with Crippen LogP contribution in [0.25, 0.3) is 0 Å². The SMILES string of the molecule is COC(=O)c1ccc2c(c1)CN(C(=O)C1CCCCC1)CC(=O)C2. The van der Waals surface area contributed by atoms with Gasteiger partial charge in [0.1, 0.15) is 0 Å². The smallest absolute Gasteiger partial charge is 0.337 e. The summed E-state index contributed by atoms with van der Waals surface area (Å²) in [7, 11) is 1.34. The summed E-state index contributed by atoms with van der Waals surface area (Å²) in [6, 6.07) is 5.23.